The molecular weight excluding hydrogens is 406 g/mol. The number of carbonyl (C=O) groups is 1. The van der Waals surface area contributed by atoms with Gasteiger partial charge in [0.2, 0.25) is 5.91 Å². The summed E-state index contributed by atoms with van der Waals surface area (Å²) in [4.78, 5) is 17.2. The fourth-order valence-electron chi connectivity index (χ4n) is 2.28. The molecule has 1 heterocycles. The van der Waals surface area contributed by atoms with Crippen LogP contribution < -0.4 is 9.62 Å². The van der Waals surface area contributed by atoms with E-state index in [9.17, 15) is 13.2 Å². The van der Waals surface area contributed by atoms with Crippen molar-refractivity contribution in [2.24, 2.45) is 0 Å². The molecule has 1 aromatic heterocycles. The molecule has 9 heteroatoms. The quantitative estimate of drug-likeness (QED) is 0.668. The molecular formula is C18H16ClN3O3S2. The van der Waals surface area contributed by atoms with Gasteiger partial charge in [0.15, 0.2) is 5.13 Å². The number of sulfonamides is 1. The van der Waals surface area contributed by atoms with Gasteiger partial charge in [0.1, 0.15) is 0 Å². The van der Waals surface area contributed by atoms with Gasteiger partial charge in [-0.3, -0.25) is 9.52 Å². The van der Waals surface area contributed by atoms with Gasteiger partial charge in [-0.25, -0.2) is 13.4 Å². The SMILES string of the molecule is CC(=O)N(C)c1ccc(S(=O)(=O)Nc2nc(-c3ccc(Cl)cc3)cs2)cc1. The molecule has 1 amide bonds. The van der Waals surface area contributed by atoms with Crippen molar-refractivity contribution >= 4 is 49.7 Å². The average molecular weight is 422 g/mol. The third-order valence-electron chi connectivity index (χ3n) is 3.87. The van der Waals surface area contributed by atoms with E-state index in [0.29, 0.717) is 16.4 Å². The summed E-state index contributed by atoms with van der Waals surface area (Å²) in [6, 6.07) is 13.2. The fourth-order valence-corrected chi connectivity index (χ4v) is 4.38. The first-order valence-corrected chi connectivity index (χ1v) is 10.6. The summed E-state index contributed by atoms with van der Waals surface area (Å²) in [7, 11) is -2.16. The highest BCUT2D eigenvalue weighted by Gasteiger charge is 2.17. The summed E-state index contributed by atoms with van der Waals surface area (Å²) in [6.07, 6.45) is 0. The lowest BCUT2D eigenvalue weighted by Gasteiger charge is -2.15. The van der Waals surface area contributed by atoms with Crippen LogP contribution in [0.4, 0.5) is 10.8 Å². The molecule has 27 heavy (non-hydrogen) atoms. The Hall–Kier alpha value is -2.42. The highest BCUT2D eigenvalue weighted by atomic mass is 35.5. The maximum Gasteiger partial charge on any atom is 0.263 e. The van der Waals surface area contributed by atoms with E-state index in [1.807, 2.05) is 12.1 Å². The second-order valence-electron chi connectivity index (χ2n) is 5.72. The molecule has 140 valence electrons. The van der Waals surface area contributed by atoms with E-state index in [2.05, 4.69) is 9.71 Å². The van der Waals surface area contributed by atoms with Crippen LogP contribution in [-0.2, 0) is 14.8 Å². The van der Waals surface area contributed by atoms with Crippen LogP contribution >= 0.6 is 22.9 Å². The number of amides is 1. The van der Waals surface area contributed by atoms with E-state index in [4.69, 9.17) is 11.6 Å². The molecule has 3 aromatic rings. The summed E-state index contributed by atoms with van der Waals surface area (Å²) < 4.78 is 27.6. The normalized spacial score (nSPS) is 11.2. The minimum atomic E-state index is -3.78. The summed E-state index contributed by atoms with van der Waals surface area (Å²) in [5.41, 5.74) is 2.12. The van der Waals surface area contributed by atoms with Crippen molar-refractivity contribution in [1.82, 2.24) is 4.98 Å². The molecule has 0 unspecified atom stereocenters. The summed E-state index contributed by atoms with van der Waals surface area (Å²) in [5, 5.41) is 2.66. The molecule has 2 aromatic carbocycles. The van der Waals surface area contributed by atoms with Gasteiger partial charge < -0.3 is 4.90 Å². The second kappa shape index (κ2) is 7.67. The third kappa shape index (κ3) is 4.47. The number of hydrogen-bond acceptors (Lipinski definition) is 5. The Kier molecular flexibility index (Phi) is 5.50. The number of carbonyl (C=O) groups excluding carboxylic acids is 1. The molecule has 1 N–H and O–H groups in total. The van der Waals surface area contributed by atoms with Crippen LogP contribution in [-0.4, -0.2) is 26.4 Å². The van der Waals surface area contributed by atoms with E-state index >= 15 is 0 Å². The number of aromatic nitrogens is 1. The lowest BCUT2D eigenvalue weighted by molar-refractivity contribution is -0.116. The predicted molar refractivity (Wildman–Crippen MR) is 109 cm³/mol. The number of nitrogens with one attached hydrogen (secondary N) is 1. The number of halogens is 1. The van der Waals surface area contributed by atoms with Crippen LogP contribution in [0.2, 0.25) is 5.02 Å². The van der Waals surface area contributed by atoms with E-state index in [1.54, 1.807) is 36.7 Å². The first kappa shape index (κ1) is 19.3. The maximum absolute atomic E-state index is 12.6. The van der Waals surface area contributed by atoms with Gasteiger partial charge in [0, 0.05) is 35.6 Å². The van der Waals surface area contributed by atoms with Crippen LogP contribution in [0.1, 0.15) is 6.92 Å². The van der Waals surface area contributed by atoms with Gasteiger partial charge in [0.05, 0.1) is 10.6 Å². The molecule has 0 spiro atoms. The lowest BCUT2D eigenvalue weighted by atomic mass is 10.2. The second-order valence-corrected chi connectivity index (χ2v) is 8.70. The molecule has 6 nitrogen and oxygen atoms in total. The van der Waals surface area contributed by atoms with Crippen molar-refractivity contribution in [3.8, 4) is 11.3 Å². The molecule has 0 fully saturated rings. The molecule has 0 radical (unpaired) electrons. The highest BCUT2D eigenvalue weighted by Crippen LogP contribution is 2.28. The summed E-state index contributed by atoms with van der Waals surface area (Å²) in [5.74, 6) is -0.138. The molecule has 0 atom stereocenters. The Labute approximate surface area is 166 Å². The van der Waals surface area contributed by atoms with Crippen LogP contribution in [0.15, 0.2) is 58.8 Å². The number of benzene rings is 2. The first-order valence-electron chi connectivity index (χ1n) is 7.85. The first-order chi connectivity index (χ1) is 12.8. The van der Waals surface area contributed by atoms with Gasteiger partial charge in [-0.15, -0.1) is 11.3 Å². The van der Waals surface area contributed by atoms with Gasteiger partial charge >= 0.3 is 0 Å². The standard InChI is InChI=1S/C18H16ClN3O3S2/c1-12(23)22(2)15-7-9-16(10-8-15)27(24,25)21-18-20-17(11-26-18)13-3-5-14(19)6-4-13/h3-11H,1-2H3,(H,20,21). The zero-order valence-corrected chi connectivity index (χ0v) is 16.9. The average Bonchev–Trinajstić information content (AvgIpc) is 3.09. The van der Waals surface area contributed by atoms with Crippen LogP contribution in [0.5, 0.6) is 0 Å². The van der Waals surface area contributed by atoms with Gasteiger partial charge in [0.25, 0.3) is 10.0 Å². The van der Waals surface area contributed by atoms with E-state index in [1.165, 1.54) is 35.3 Å². The van der Waals surface area contributed by atoms with Crippen molar-refractivity contribution in [3.05, 3.63) is 58.9 Å². The topological polar surface area (TPSA) is 79.4 Å². The zero-order valence-electron chi connectivity index (χ0n) is 14.5. The third-order valence-corrected chi connectivity index (χ3v) is 6.37. The molecule has 0 saturated carbocycles. The number of anilines is 2. The fraction of sp³-hybridized carbons (Fsp3) is 0.111. The minimum absolute atomic E-state index is 0.0893. The Morgan fingerprint density at radius 2 is 1.74 bits per heavy atom. The largest absolute Gasteiger partial charge is 0.316 e. The minimum Gasteiger partial charge on any atom is -0.316 e. The zero-order chi connectivity index (χ0) is 19.6. The van der Waals surface area contributed by atoms with Gasteiger partial charge in [-0.05, 0) is 36.4 Å². The van der Waals surface area contributed by atoms with Crippen molar-refractivity contribution in [3.63, 3.8) is 0 Å². The molecule has 0 aliphatic rings. The molecule has 0 bridgehead atoms. The van der Waals surface area contributed by atoms with Crippen LogP contribution in [0.25, 0.3) is 11.3 Å². The molecule has 0 aliphatic heterocycles. The smallest absolute Gasteiger partial charge is 0.263 e. The lowest BCUT2D eigenvalue weighted by Crippen LogP contribution is -2.22. The van der Waals surface area contributed by atoms with E-state index in [0.717, 1.165) is 5.56 Å². The summed E-state index contributed by atoms with van der Waals surface area (Å²) in [6.45, 7) is 1.44. The van der Waals surface area contributed by atoms with Crippen molar-refractivity contribution in [2.75, 3.05) is 16.7 Å². The summed E-state index contributed by atoms with van der Waals surface area (Å²) >= 11 is 7.07. The Bertz CT molecular complexity index is 1060. The Morgan fingerprint density at radius 3 is 2.33 bits per heavy atom. The van der Waals surface area contributed by atoms with Crippen molar-refractivity contribution < 1.29 is 13.2 Å². The monoisotopic (exact) mass is 421 g/mol. The van der Waals surface area contributed by atoms with Crippen LogP contribution in [0.3, 0.4) is 0 Å². The number of nitrogens with zero attached hydrogens (tertiary/aromatic N) is 2. The van der Waals surface area contributed by atoms with Gasteiger partial charge in [-0.1, -0.05) is 23.7 Å². The number of thiazole rings is 1. The number of rotatable bonds is 5. The Morgan fingerprint density at radius 1 is 1.11 bits per heavy atom. The van der Waals surface area contributed by atoms with Crippen molar-refractivity contribution in [2.45, 2.75) is 11.8 Å². The van der Waals surface area contributed by atoms with Gasteiger partial charge in [-0.2, -0.15) is 0 Å². The Balaban J connectivity index is 1.78. The maximum atomic E-state index is 12.6. The highest BCUT2D eigenvalue weighted by molar-refractivity contribution is 7.93. The predicted octanol–water partition coefficient (Wildman–Crippen LogP) is 4.25. The van der Waals surface area contributed by atoms with Crippen molar-refractivity contribution in [1.29, 1.82) is 0 Å². The molecule has 3 rings (SSSR count). The molecule has 0 aliphatic carbocycles. The van der Waals surface area contributed by atoms with E-state index < -0.39 is 10.0 Å². The van der Waals surface area contributed by atoms with E-state index in [-0.39, 0.29) is 15.9 Å². The number of hydrogen-bond donors (Lipinski definition) is 1. The van der Waals surface area contributed by atoms with Crippen LogP contribution in [0, 0.1) is 0 Å². The molecule has 0 saturated heterocycles.